The number of carbonyl (C=O) groups is 1. The maximum absolute atomic E-state index is 12.8. The Bertz CT molecular complexity index is 832. The Balaban J connectivity index is 1.76. The molecule has 1 fully saturated rings. The quantitative estimate of drug-likeness (QED) is 0.699. The molecule has 0 radical (unpaired) electrons. The van der Waals surface area contributed by atoms with E-state index in [9.17, 15) is 4.79 Å². The molecule has 150 valence electrons. The summed E-state index contributed by atoms with van der Waals surface area (Å²) in [6, 6.07) is 11.2. The molecule has 6 heteroatoms. The van der Waals surface area contributed by atoms with E-state index >= 15 is 0 Å². The number of methoxy groups -OCH3 is 4. The minimum absolute atomic E-state index is 0.0462. The van der Waals surface area contributed by atoms with Gasteiger partial charge in [0.2, 0.25) is 5.91 Å². The van der Waals surface area contributed by atoms with E-state index in [-0.39, 0.29) is 11.8 Å². The minimum Gasteiger partial charge on any atom is -0.497 e. The molecule has 0 heterocycles. The molecule has 0 aliphatic heterocycles. The van der Waals surface area contributed by atoms with Gasteiger partial charge in [0.05, 0.1) is 34.1 Å². The van der Waals surface area contributed by atoms with Crippen molar-refractivity contribution in [3.63, 3.8) is 0 Å². The van der Waals surface area contributed by atoms with Gasteiger partial charge in [-0.25, -0.2) is 0 Å². The van der Waals surface area contributed by atoms with Crippen LogP contribution in [0, 0.1) is 5.92 Å². The molecule has 2 aromatic rings. The van der Waals surface area contributed by atoms with Gasteiger partial charge in [0, 0.05) is 12.5 Å². The topological polar surface area (TPSA) is 66.0 Å². The van der Waals surface area contributed by atoms with Gasteiger partial charge < -0.3 is 24.3 Å². The standard InChI is InChI=1S/C22H27NO5/c1-25-16-8-9-18(20(12-16)27-3)23-22(24)13-17(14-5-6-14)15-7-10-19(26-2)21(11-15)28-4/h7-12,14,17H,5-6,13H2,1-4H3,(H,23,24). The molecule has 0 saturated heterocycles. The highest BCUT2D eigenvalue weighted by atomic mass is 16.5. The number of carbonyl (C=O) groups excluding carboxylic acids is 1. The van der Waals surface area contributed by atoms with Crippen molar-refractivity contribution in [1.29, 1.82) is 0 Å². The number of benzene rings is 2. The van der Waals surface area contributed by atoms with E-state index in [2.05, 4.69) is 5.32 Å². The van der Waals surface area contributed by atoms with Gasteiger partial charge in [0.15, 0.2) is 11.5 Å². The molecule has 2 aromatic carbocycles. The molecule has 1 aliphatic rings. The van der Waals surface area contributed by atoms with Crippen molar-refractivity contribution in [3.8, 4) is 23.0 Å². The molecule has 1 unspecified atom stereocenters. The molecule has 6 nitrogen and oxygen atoms in total. The fourth-order valence-corrected chi connectivity index (χ4v) is 3.44. The van der Waals surface area contributed by atoms with Gasteiger partial charge in [-0.3, -0.25) is 4.79 Å². The molecule has 0 spiro atoms. The molecular formula is C22H27NO5. The van der Waals surface area contributed by atoms with Crippen LogP contribution < -0.4 is 24.3 Å². The average Bonchev–Trinajstić information content (AvgIpc) is 3.57. The summed E-state index contributed by atoms with van der Waals surface area (Å²) in [6.07, 6.45) is 2.67. The number of ether oxygens (including phenoxy) is 4. The second-order valence-electron chi connectivity index (χ2n) is 6.88. The lowest BCUT2D eigenvalue weighted by Gasteiger charge is -2.19. The van der Waals surface area contributed by atoms with Crippen LogP contribution in [0.3, 0.4) is 0 Å². The van der Waals surface area contributed by atoms with Crippen LogP contribution in [0.2, 0.25) is 0 Å². The zero-order valence-electron chi connectivity index (χ0n) is 16.8. The average molecular weight is 385 g/mol. The largest absolute Gasteiger partial charge is 0.497 e. The van der Waals surface area contributed by atoms with E-state index in [1.54, 1.807) is 46.6 Å². The lowest BCUT2D eigenvalue weighted by atomic mass is 9.90. The number of hydrogen-bond donors (Lipinski definition) is 1. The highest BCUT2D eigenvalue weighted by Gasteiger charge is 2.34. The smallest absolute Gasteiger partial charge is 0.225 e. The molecule has 28 heavy (non-hydrogen) atoms. The normalized spacial score (nSPS) is 14.1. The van der Waals surface area contributed by atoms with Crippen LogP contribution >= 0.6 is 0 Å². The predicted molar refractivity (Wildman–Crippen MR) is 108 cm³/mol. The molecule has 1 saturated carbocycles. The maximum atomic E-state index is 12.8. The molecule has 0 bridgehead atoms. The third-order valence-electron chi connectivity index (χ3n) is 5.11. The Morgan fingerprint density at radius 3 is 2.25 bits per heavy atom. The first kappa shape index (κ1) is 19.9. The zero-order chi connectivity index (χ0) is 20.1. The zero-order valence-corrected chi connectivity index (χ0v) is 16.8. The summed E-state index contributed by atoms with van der Waals surface area (Å²) < 4.78 is 21.3. The van der Waals surface area contributed by atoms with Crippen LogP contribution in [0.25, 0.3) is 0 Å². The SMILES string of the molecule is COc1ccc(NC(=O)CC(c2ccc(OC)c(OC)c2)C2CC2)c(OC)c1. The van der Waals surface area contributed by atoms with Crippen LogP contribution in [-0.2, 0) is 4.79 Å². The molecule has 3 rings (SSSR count). The summed E-state index contributed by atoms with van der Waals surface area (Å²) in [6.45, 7) is 0. The lowest BCUT2D eigenvalue weighted by Crippen LogP contribution is -2.17. The van der Waals surface area contributed by atoms with E-state index < -0.39 is 0 Å². The van der Waals surface area contributed by atoms with Gasteiger partial charge >= 0.3 is 0 Å². The first-order valence-electron chi connectivity index (χ1n) is 9.33. The van der Waals surface area contributed by atoms with E-state index in [1.165, 1.54) is 0 Å². The van der Waals surface area contributed by atoms with Crippen molar-refractivity contribution >= 4 is 11.6 Å². The first-order valence-corrected chi connectivity index (χ1v) is 9.33. The summed E-state index contributed by atoms with van der Waals surface area (Å²) in [5.41, 5.74) is 1.73. The van der Waals surface area contributed by atoms with Gasteiger partial charge in [-0.15, -0.1) is 0 Å². The van der Waals surface area contributed by atoms with Gasteiger partial charge in [0.1, 0.15) is 11.5 Å². The fourth-order valence-electron chi connectivity index (χ4n) is 3.44. The van der Waals surface area contributed by atoms with Crippen LogP contribution in [0.15, 0.2) is 36.4 Å². The highest BCUT2D eigenvalue weighted by Crippen LogP contribution is 2.46. The van der Waals surface area contributed by atoms with Crippen molar-refractivity contribution in [2.45, 2.75) is 25.2 Å². The number of nitrogens with one attached hydrogen (secondary N) is 1. The molecular weight excluding hydrogens is 358 g/mol. The maximum Gasteiger partial charge on any atom is 0.225 e. The van der Waals surface area contributed by atoms with Crippen molar-refractivity contribution in [2.24, 2.45) is 5.92 Å². The van der Waals surface area contributed by atoms with Gasteiger partial charge in [-0.1, -0.05) is 6.07 Å². The number of amides is 1. The first-order chi connectivity index (χ1) is 13.6. The van der Waals surface area contributed by atoms with Crippen molar-refractivity contribution in [3.05, 3.63) is 42.0 Å². The fraction of sp³-hybridized carbons (Fsp3) is 0.409. The molecule has 0 aromatic heterocycles. The Morgan fingerprint density at radius 1 is 0.929 bits per heavy atom. The van der Waals surface area contributed by atoms with E-state index in [4.69, 9.17) is 18.9 Å². The van der Waals surface area contributed by atoms with Crippen LogP contribution in [0.1, 0.15) is 30.7 Å². The third-order valence-corrected chi connectivity index (χ3v) is 5.11. The number of rotatable bonds is 9. The lowest BCUT2D eigenvalue weighted by molar-refractivity contribution is -0.116. The second kappa shape index (κ2) is 8.87. The summed E-state index contributed by atoms with van der Waals surface area (Å²) in [7, 11) is 6.40. The van der Waals surface area contributed by atoms with Crippen LogP contribution in [0.4, 0.5) is 5.69 Å². The Kier molecular flexibility index (Phi) is 6.29. The van der Waals surface area contributed by atoms with E-state index in [0.717, 1.165) is 18.4 Å². The second-order valence-corrected chi connectivity index (χ2v) is 6.88. The van der Waals surface area contributed by atoms with Crippen LogP contribution in [-0.4, -0.2) is 34.3 Å². The highest BCUT2D eigenvalue weighted by molar-refractivity contribution is 5.93. The molecule has 1 aliphatic carbocycles. The summed E-state index contributed by atoms with van der Waals surface area (Å²) >= 11 is 0. The Labute approximate surface area is 165 Å². The van der Waals surface area contributed by atoms with Gasteiger partial charge in [0.25, 0.3) is 0 Å². The summed E-state index contributed by atoms with van der Waals surface area (Å²) in [4.78, 5) is 12.8. The Morgan fingerprint density at radius 2 is 1.64 bits per heavy atom. The molecule has 1 amide bonds. The monoisotopic (exact) mass is 385 g/mol. The van der Waals surface area contributed by atoms with Crippen molar-refractivity contribution < 1.29 is 23.7 Å². The number of hydrogen-bond acceptors (Lipinski definition) is 5. The third kappa shape index (κ3) is 4.50. The van der Waals surface area contributed by atoms with Crippen LogP contribution in [0.5, 0.6) is 23.0 Å². The predicted octanol–water partition coefficient (Wildman–Crippen LogP) is 4.24. The molecule has 1 N–H and O–H groups in total. The Hall–Kier alpha value is -2.89. The molecule has 1 atom stereocenters. The summed E-state index contributed by atoms with van der Waals surface area (Å²) in [5, 5.41) is 2.97. The van der Waals surface area contributed by atoms with E-state index in [0.29, 0.717) is 41.0 Å². The minimum atomic E-state index is -0.0462. The van der Waals surface area contributed by atoms with Crippen molar-refractivity contribution in [1.82, 2.24) is 0 Å². The van der Waals surface area contributed by atoms with E-state index in [1.807, 2.05) is 18.2 Å². The van der Waals surface area contributed by atoms with Gasteiger partial charge in [-0.05, 0) is 54.5 Å². The number of anilines is 1. The van der Waals surface area contributed by atoms with Crippen molar-refractivity contribution in [2.75, 3.05) is 33.8 Å². The van der Waals surface area contributed by atoms with Gasteiger partial charge in [-0.2, -0.15) is 0 Å². The summed E-state index contributed by atoms with van der Waals surface area (Å²) in [5.74, 6) is 3.23.